The highest BCUT2D eigenvalue weighted by atomic mass is 16.5. The van der Waals surface area contributed by atoms with Crippen molar-refractivity contribution in [3.8, 4) is 5.88 Å². The Hall–Kier alpha value is -1.29. The van der Waals surface area contributed by atoms with E-state index in [0.29, 0.717) is 24.8 Å². The minimum atomic E-state index is 0.573. The average molecular weight is 196 g/mol. The zero-order chi connectivity index (χ0) is 10.4. The largest absolute Gasteiger partial charge is 0.478 e. The number of nitrogens with two attached hydrogens (primary N) is 1. The van der Waals surface area contributed by atoms with Gasteiger partial charge < -0.3 is 15.2 Å². The Bertz CT molecular complexity index is 289. The molecule has 0 aliphatic carbocycles. The van der Waals surface area contributed by atoms with E-state index in [0.717, 1.165) is 12.0 Å². The first-order valence-corrected chi connectivity index (χ1v) is 4.58. The fourth-order valence-electron chi connectivity index (χ4n) is 0.978. The van der Waals surface area contributed by atoms with E-state index in [9.17, 15) is 0 Å². The molecule has 4 nitrogen and oxygen atoms in total. The van der Waals surface area contributed by atoms with Crippen molar-refractivity contribution in [2.24, 2.45) is 0 Å². The summed E-state index contributed by atoms with van der Waals surface area (Å²) in [4.78, 5) is 4.09. The molecule has 0 bridgehead atoms. The number of methoxy groups -OCH3 is 1. The van der Waals surface area contributed by atoms with Crippen molar-refractivity contribution in [2.45, 2.75) is 13.3 Å². The Morgan fingerprint density at radius 1 is 1.43 bits per heavy atom. The number of aryl methyl sites for hydroxylation is 1. The monoisotopic (exact) mass is 196 g/mol. The standard InChI is InChI=1S/C10H16N2O2/c1-8-7-12-10(6-9(8)11)14-5-3-4-13-2/h6-7H,3-5H2,1-2H3,(H2,11,12). The number of nitrogens with zero attached hydrogens (tertiary/aromatic N) is 1. The minimum absolute atomic E-state index is 0.573. The van der Waals surface area contributed by atoms with E-state index in [1.807, 2.05) is 6.92 Å². The van der Waals surface area contributed by atoms with Gasteiger partial charge in [0.25, 0.3) is 0 Å². The Kier molecular flexibility index (Phi) is 4.19. The van der Waals surface area contributed by atoms with E-state index in [4.69, 9.17) is 15.2 Å². The molecule has 1 heterocycles. The van der Waals surface area contributed by atoms with Gasteiger partial charge in [-0.2, -0.15) is 0 Å². The highest BCUT2D eigenvalue weighted by Crippen LogP contribution is 2.15. The van der Waals surface area contributed by atoms with Gasteiger partial charge in [-0.1, -0.05) is 0 Å². The smallest absolute Gasteiger partial charge is 0.215 e. The SMILES string of the molecule is COCCCOc1cc(N)c(C)cn1. The molecule has 0 aliphatic heterocycles. The number of nitrogen functional groups attached to an aromatic ring is 1. The summed E-state index contributed by atoms with van der Waals surface area (Å²) in [5.74, 6) is 0.573. The second kappa shape index (κ2) is 5.44. The Morgan fingerprint density at radius 3 is 2.86 bits per heavy atom. The number of anilines is 1. The number of pyridine rings is 1. The van der Waals surface area contributed by atoms with E-state index in [1.165, 1.54) is 0 Å². The molecule has 0 atom stereocenters. The van der Waals surface area contributed by atoms with Gasteiger partial charge in [0.15, 0.2) is 0 Å². The number of hydrogen-bond acceptors (Lipinski definition) is 4. The van der Waals surface area contributed by atoms with Gasteiger partial charge in [0.05, 0.1) is 6.61 Å². The lowest BCUT2D eigenvalue weighted by molar-refractivity contribution is 0.170. The lowest BCUT2D eigenvalue weighted by Gasteiger charge is -2.06. The van der Waals surface area contributed by atoms with Gasteiger partial charge in [-0.05, 0) is 12.5 Å². The molecule has 0 aromatic carbocycles. The summed E-state index contributed by atoms with van der Waals surface area (Å²) in [6, 6.07) is 1.74. The number of hydrogen-bond donors (Lipinski definition) is 1. The van der Waals surface area contributed by atoms with Crippen molar-refractivity contribution < 1.29 is 9.47 Å². The highest BCUT2D eigenvalue weighted by molar-refractivity contribution is 5.46. The van der Waals surface area contributed by atoms with E-state index in [2.05, 4.69) is 4.98 Å². The normalized spacial score (nSPS) is 10.1. The van der Waals surface area contributed by atoms with Crippen molar-refractivity contribution in [1.82, 2.24) is 4.98 Å². The van der Waals surface area contributed by atoms with Crippen LogP contribution in [-0.2, 0) is 4.74 Å². The van der Waals surface area contributed by atoms with Crippen LogP contribution in [0.25, 0.3) is 0 Å². The Balaban J connectivity index is 2.39. The lowest BCUT2D eigenvalue weighted by atomic mass is 10.3. The van der Waals surface area contributed by atoms with Crippen molar-refractivity contribution in [3.05, 3.63) is 17.8 Å². The number of rotatable bonds is 5. The quantitative estimate of drug-likeness (QED) is 0.723. The zero-order valence-corrected chi connectivity index (χ0v) is 8.62. The van der Waals surface area contributed by atoms with Gasteiger partial charge in [-0.3, -0.25) is 0 Å². The minimum Gasteiger partial charge on any atom is -0.478 e. The van der Waals surface area contributed by atoms with Crippen molar-refractivity contribution in [1.29, 1.82) is 0 Å². The summed E-state index contributed by atoms with van der Waals surface area (Å²) in [5.41, 5.74) is 7.38. The van der Waals surface area contributed by atoms with E-state index < -0.39 is 0 Å². The maximum Gasteiger partial charge on any atom is 0.215 e. The zero-order valence-electron chi connectivity index (χ0n) is 8.62. The first-order chi connectivity index (χ1) is 6.74. The molecule has 1 aromatic heterocycles. The van der Waals surface area contributed by atoms with Crippen LogP contribution in [0.1, 0.15) is 12.0 Å². The molecule has 78 valence electrons. The van der Waals surface area contributed by atoms with Crippen LogP contribution in [0.5, 0.6) is 5.88 Å². The van der Waals surface area contributed by atoms with Crippen LogP contribution in [0.3, 0.4) is 0 Å². The van der Waals surface area contributed by atoms with E-state index >= 15 is 0 Å². The molecule has 0 saturated heterocycles. The molecule has 2 N–H and O–H groups in total. The number of aromatic nitrogens is 1. The molecular weight excluding hydrogens is 180 g/mol. The Morgan fingerprint density at radius 2 is 2.21 bits per heavy atom. The maximum absolute atomic E-state index is 5.71. The molecule has 0 saturated carbocycles. The van der Waals surface area contributed by atoms with Crippen molar-refractivity contribution >= 4 is 5.69 Å². The van der Waals surface area contributed by atoms with Crippen LogP contribution >= 0.6 is 0 Å². The topological polar surface area (TPSA) is 57.4 Å². The van der Waals surface area contributed by atoms with Gasteiger partial charge in [0.2, 0.25) is 5.88 Å². The third-order valence-corrected chi connectivity index (χ3v) is 1.86. The molecule has 0 unspecified atom stereocenters. The van der Waals surface area contributed by atoms with Crippen LogP contribution < -0.4 is 10.5 Å². The van der Waals surface area contributed by atoms with Crippen LogP contribution in [0.2, 0.25) is 0 Å². The molecule has 0 spiro atoms. The van der Waals surface area contributed by atoms with E-state index in [-0.39, 0.29) is 0 Å². The molecule has 0 radical (unpaired) electrons. The van der Waals surface area contributed by atoms with Crippen LogP contribution in [-0.4, -0.2) is 25.3 Å². The number of ether oxygens (including phenoxy) is 2. The summed E-state index contributed by atoms with van der Waals surface area (Å²) in [7, 11) is 1.67. The third-order valence-electron chi connectivity index (χ3n) is 1.86. The molecule has 0 aliphatic rings. The maximum atomic E-state index is 5.71. The van der Waals surface area contributed by atoms with Gasteiger partial charge in [-0.15, -0.1) is 0 Å². The van der Waals surface area contributed by atoms with Crippen molar-refractivity contribution in [2.75, 3.05) is 26.1 Å². The molecule has 0 fully saturated rings. The first-order valence-electron chi connectivity index (χ1n) is 4.58. The van der Waals surface area contributed by atoms with Gasteiger partial charge >= 0.3 is 0 Å². The molecule has 1 aromatic rings. The molecule has 1 rings (SSSR count). The highest BCUT2D eigenvalue weighted by Gasteiger charge is 1.98. The van der Waals surface area contributed by atoms with Crippen LogP contribution in [0.4, 0.5) is 5.69 Å². The fraction of sp³-hybridized carbons (Fsp3) is 0.500. The van der Waals surface area contributed by atoms with E-state index in [1.54, 1.807) is 19.4 Å². The average Bonchev–Trinajstić information content (AvgIpc) is 2.18. The first kappa shape index (κ1) is 10.8. The van der Waals surface area contributed by atoms with Gasteiger partial charge in [-0.25, -0.2) is 4.98 Å². The summed E-state index contributed by atoms with van der Waals surface area (Å²) in [6.45, 7) is 3.21. The lowest BCUT2D eigenvalue weighted by Crippen LogP contribution is -2.03. The summed E-state index contributed by atoms with van der Waals surface area (Å²) >= 11 is 0. The fourth-order valence-corrected chi connectivity index (χ4v) is 0.978. The molecule has 4 heteroatoms. The molecular formula is C10H16N2O2. The predicted octanol–water partition coefficient (Wildman–Crippen LogP) is 1.39. The second-order valence-corrected chi connectivity index (χ2v) is 3.07. The Labute approximate surface area is 84.0 Å². The van der Waals surface area contributed by atoms with Crippen molar-refractivity contribution in [3.63, 3.8) is 0 Å². The second-order valence-electron chi connectivity index (χ2n) is 3.07. The van der Waals surface area contributed by atoms with Gasteiger partial charge in [0, 0.05) is 38.1 Å². The summed E-state index contributed by atoms with van der Waals surface area (Å²) in [5, 5.41) is 0. The summed E-state index contributed by atoms with van der Waals surface area (Å²) < 4.78 is 10.3. The van der Waals surface area contributed by atoms with Crippen LogP contribution in [0, 0.1) is 6.92 Å². The summed E-state index contributed by atoms with van der Waals surface area (Å²) in [6.07, 6.45) is 2.56. The third kappa shape index (κ3) is 3.22. The van der Waals surface area contributed by atoms with Gasteiger partial charge in [0.1, 0.15) is 0 Å². The molecule has 14 heavy (non-hydrogen) atoms. The molecule has 0 amide bonds. The predicted molar refractivity (Wildman–Crippen MR) is 55.4 cm³/mol. The van der Waals surface area contributed by atoms with Crippen LogP contribution in [0.15, 0.2) is 12.3 Å².